The van der Waals surface area contributed by atoms with Crippen LogP contribution in [0, 0.1) is 10.1 Å². The van der Waals surface area contributed by atoms with Gasteiger partial charge >= 0.3 is 5.97 Å². The highest BCUT2D eigenvalue weighted by Gasteiger charge is 2.17. The Hall–Kier alpha value is -2.90. The summed E-state index contributed by atoms with van der Waals surface area (Å²) < 4.78 is 9.59. The smallest absolute Gasteiger partial charge is 0.337 e. The first kappa shape index (κ1) is 13.5. The summed E-state index contributed by atoms with van der Waals surface area (Å²) in [4.78, 5) is 25.7. The van der Waals surface area contributed by atoms with Gasteiger partial charge in [0.1, 0.15) is 12.0 Å². The molecule has 0 bridgehead atoms. The van der Waals surface area contributed by atoms with Gasteiger partial charge in [0, 0.05) is 6.07 Å². The first-order chi connectivity index (χ1) is 9.61. The Morgan fingerprint density at radius 3 is 2.95 bits per heavy atom. The maximum absolute atomic E-state index is 11.4. The predicted molar refractivity (Wildman–Crippen MR) is 68.3 cm³/mol. The van der Waals surface area contributed by atoms with Crippen LogP contribution in [0.5, 0.6) is 0 Å². The minimum Gasteiger partial charge on any atom is -0.465 e. The van der Waals surface area contributed by atoms with Crippen LogP contribution in [0.1, 0.15) is 16.2 Å². The van der Waals surface area contributed by atoms with Crippen LogP contribution in [0.4, 0.5) is 11.4 Å². The van der Waals surface area contributed by atoms with Gasteiger partial charge in [0.05, 0.1) is 30.3 Å². The molecule has 104 valence electrons. The van der Waals surface area contributed by atoms with Crippen molar-refractivity contribution >= 4 is 17.3 Å². The molecule has 1 N–H and O–H groups in total. The van der Waals surface area contributed by atoms with Crippen molar-refractivity contribution in [3.63, 3.8) is 0 Å². The van der Waals surface area contributed by atoms with Crippen LogP contribution in [0.25, 0.3) is 0 Å². The Kier molecular flexibility index (Phi) is 3.94. The lowest BCUT2D eigenvalue weighted by atomic mass is 10.1. The van der Waals surface area contributed by atoms with E-state index >= 15 is 0 Å². The third-order valence-corrected chi connectivity index (χ3v) is 2.53. The zero-order valence-electron chi connectivity index (χ0n) is 10.5. The summed E-state index contributed by atoms with van der Waals surface area (Å²) in [5.41, 5.74) is 0.258. The van der Waals surface area contributed by atoms with E-state index in [-0.39, 0.29) is 23.5 Å². The number of rotatable bonds is 5. The van der Waals surface area contributed by atoms with Crippen molar-refractivity contribution in [3.05, 3.63) is 52.2 Å². The van der Waals surface area contributed by atoms with Gasteiger partial charge in [-0.25, -0.2) is 9.78 Å². The summed E-state index contributed by atoms with van der Waals surface area (Å²) in [5.74, 6) is -0.193. The first-order valence-corrected chi connectivity index (χ1v) is 5.61. The van der Waals surface area contributed by atoms with Crippen LogP contribution in [0.15, 0.2) is 35.1 Å². The fourth-order valence-electron chi connectivity index (χ4n) is 1.59. The van der Waals surface area contributed by atoms with E-state index in [1.54, 1.807) is 0 Å². The molecule has 2 rings (SSSR count). The van der Waals surface area contributed by atoms with Crippen LogP contribution in [0.2, 0.25) is 0 Å². The minimum atomic E-state index is -0.570. The lowest BCUT2D eigenvalue weighted by Crippen LogP contribution is -2.06. The van der Waals surface area contributed by atoms with Gasteiger partial charge in [0.15, 0.2) is 0 Å². The van der Waals surface area contributed by atoms with E-state index in [9.17, 15) is 14.9 Å². The lowest BCUT2D eigenvalue weighted by Gasteiger charge is -2.07. The molecule has 0 radical (unpaired) electrons. The monoisotopic (exact) mass is 277 g/mol. The molecule has 8 nitrogen and oxygen atoms in total. The van der Waals surface area contributed by atoms with Crippen molar-refractivity contribution in [2.75, 3.05) is 12.4 Å². The van der Waals surface area contributed by atoms with Crippen LogP contribution >= 0.6 is 0 Å². The molecule has 0 saturated carbocycles. The van der Waals surface area contributed by atoms with Crippen LogP contribution in [-0.2, 0) is 11.3 Å². The Bertz CT molecular complexity index is 624. The zero-order valence-corrected chi connectivity index (χ0v) is 10.5. The van der Waals surface area contributed by atoms with Crippen molar-refractivity contribution in [3.8, 4) is 0 Å². The Morgan fingerprint density at radius 2 is 2.35 bits per heavy atom. The fraction of sp³-hybridized carbons (Fsp3) is 0.167. The third kappa shape index (κ3) is 2.91. The summed E-state index contributed by atoms with van der Waals surface area (Å²) >= 11 is 0. The second kappa shape index (κ2) is 5.83. The number of hydrogen-bond acceptors (Lipinski definition) is 7. The Balaban J connectivity index is 2.26. The normalized spacial score (nSPS) is 10.1. The molecule has 0 aliphatic carbocycles. The SMILES string of the molecule is COC(=O)c1ccc([N+](=O)[O-])c(NCc2ncco2)c1. The minimum absolute atomic E-state index is 0.149. The molecule has 1 heterocycles. The maximum Gasteiger partial charge on any atom is 0.337 e. The number of carbonyl (C=O) groups is 1. The molecule has 0 aliphatic heterocycles. The zero-order chi connectivity index (χ0) is 14.5. The molecule has 0 unspecified atom stereocenters. The molecule has 2 aromatic rings. The number of benzene rings is 1. The van der Waals surface area contributed by atoms with E-state index in [4.69, 9.17) is 4.42 Å². The number of nitro benzene ring substituents is 1. The maximum atomic E-state index is 11.4. The first-order valence-electron chi connectivity index (χ1n) is 5.61. The number of carbonyl (C=O) groups excluding carboxylic acids is 1. The van der Waals surface area contributed by atoms with E-state index in [0.717, 1.165) is 0 Å². The highest BCUT2D eigenvalue weighted by Crippen LogP contribution is 2.26. The average Bonchev–Trinajstić information content (AvgIpc) is 2.97. The average molecular weight is 277 g/mol. The summed E-state index contributed by atoms with van der Waals surface area (Å²) in [6.45, 7) is 0.165. The van der Waals surface area contributed by atoms with E-state index in [1.165, 1.54) is 37.8 Å². The number of oxazole rings is 1. The largest absolute Gasteiger partial charge is 0.465 e. The number of esters is 1. The predicted octanol–water partition coefficient (Wildman–Crippen LogP) is 1.98. The molecular formula is C12H11N3O5. The molecule has 1 aromatic heterocycles. The van der Waals surface area contributed by atoms with E-state index in [1.807, 2.05) is 0 Å². The van der Waals surface area contributed by atoms with Gasteiger partial charge in [0.2, 0.25) is 5.89 Å². The number of nitrogens with one attached hydrogen (secondary N) is 1. The highest BCUT2D eigenvalue weighted by molar-refractivity contribution is 5.91. The quantitative estimate of drug-likeness (QED) is 0.505. The van der Waals surface area contributed by atoms with Gasteiger partial charge < -0.3 is 14.5 Å². The standard InChI is InChI=1S/C12H11N3O5/c1-19-12(16)8-2-3-10(15(17)18)9(6-8)14-7-11-13-4-5-20-11/h2-6,14H,7H2,1H3. The molecule has 0 saturated heterocycles. The van der Waals surface area contributed by atoms with Crippen molar-refractivity contribution < 1.29 is 18.9 Å². The summed E-state index contributed by atoms with van der Waals surface area (Å²) in [5, 5.41) is 13.8. The second-order valence-corrected chi connectivity index (χ2v) is 3.76. The van der Waals surface area contributed by atoms with Crippen molar-refractivity contribution in [2.45, 2.75) is 6.54 Å². The topological polar surface area (TPSA) is 108 Å². The van der Waals surface area contributed by atoms with E-state index in [0.29, 0.717) is 5.89 Å². The van der Waals surface area contributed by atoms with Crippen LogP contribution in [0.3, 0.4) is 0 Å². The molecular weight excluding hydrogens is 266 g/mol. The Labute approximate surface area is 113 Å². The molecule has 0 aliphatic rings. The molecule has 0 amide bonds. The molecule has 20 heavy (non-hydrogen) atoms. The number of methoxy groups -OCH3 is 1. The molecule has 8 heteroatoms. The van der Waals surface area contributed by atoms with E-state index < -0.39 is 10.9 Å². The van der Waals surface area contributed by atoms with Crippen LogP contribution < -0.4 is 5.32 Å². The van der Waals surface area contributed by atoms with Crippen molar-refractivity contribution in [1.82, 2.24) is 4.98 Å². The summed E-state index contributed by atoms with van der Waals surface area (Å²) in [7, 11) is 1.24. The van der Waals surface area contributed by atoms with Gasteiger partial charge in [-0.05, 0) is 12.1 Å². The van der Waals surface area contributed by atoms with Gasteiger partial charge in [0.25, 0.3) is 5.69 Å². The molecule has 0 fully saturated rings. The summed E-state index contributed by atoms with van der Waals surface area (Å²) in [6, 6.07) is 3.93. The third-order valence-electron chi connectivity index (χ3n) is 2.53. The molecule has 0 spiro atoms. The van der Waals surface area contributed by atoms with Gasteiger partial charge in [-0.1, -0.05) is 0 Å². The number of anilines is 1. The van der Waals surface area contributed by atoms with Gasteiger partial charge in [-0.3, -0.25) is 10.1 Å². The van der Waals surface area contributed by atoms with Crippen molar-refractivity contribution in [2.24, 2.45) is 0 Å². The number of hydrogen-bond donors (Lipinski definition) is 1. The fourth-order valence-corrected chi connectivity index (χ4v) is 1.59. The van der Waals surface area contributed by atoms with Crippen molar-refractivity contribution in [1.29, 1.82) is 0 Å². The van der Waals surface area contributed by atoms with E-state index in [2.05, 4.69) is 15.0 Å². The molecule has 1 aromatic carbocycles. The highest BCUT2D eigenvalue weighted by atomic mass is 16.6. The van der Waals surface area contributed by atoms with Gasteiger partial charge in [-0.15, -0.1) is 0 Å². The number of ether oxygens (including phenoxy) is 1. The Morgan fingerprint density at radius 1 is 1.55 bits per heavy atom. The van der Waals surface area contributed by atoms with Crippen LogP contribution in [-0.4, -0.2) is 23.0 Å². The lowest BCUT2D eigenvalue weighted by molar-refractivity contribution is -0.384. The number of nitrogens with zero attached hydrogens (tertiary/aromatic N) is 2. The number of aromatic nitrogens is 1. The molecule has 0 atom stereocenters. The second-order valence-electron chi connectivity index (χ2n) is 3.76. The number of nitro groups is 1. The van der Waals surface area contributed by atoms with Gasteiger partial charge in [-0.2, -0.15) is 0 Å². The summed E-state index contributed by atoms with van der Waals surface area (Å²) in [6.07, 6.45) is 2.87.